The van der Waals surface area contributed by atoms with Crippen LogP contribution in [0.25, 0.3) is 50.4 Å². The molecule has 3 aromatic rings. The van der Waals surface area contributed by atoms with Gasteiger partial charge in [-0.15, -0.1) is 0 Å². The number of hydrogen-bond donors (Lipinski definition) is 4. The molecule has 47 heavy (non-hydrogen) atoms. The molecule has 4 N–H and O–H groups in total. The number of H-pyrrole nitrogens is 2. The number of carbonyl (C=O) groups excluding carboxylic acids is 1. The summed E-state index contributed by atoms with van der Waals surface area (Å²) in [6.45, 7) is 17.7. The molecule has 2 aliphatic heterocycles. The maximum atomic E-state index is 13.0. The van der Waals surface area contributed by atoms with Gasteiger partial charge in [-0.25, -0.2) is 9.97 Å². The number of carboxylic acid groups (broad SMARTS) is 1. The zero-order valence-electron chi connectivity index (χ0n) is 28.2. The number of likely N-dealkylation sites (N-methyl/N-ethyl adjacent to an activating group) is 1. The fourth-order valence-electron chi connectivity index (χ4n) is 6.31. The molecule has 3 aromatic heterocycles. The molecule has 2 aliphatic rings. The average Bonchev–Trinajstić information content (AvgIpc) is 3.70. The number of aromatic nitrogens is 4. The Balaban J connectivity index is 1.82. The van der Waals surface area contributed by atoms with Gasteiger partial charge in [0, 0.05) is 64.7 Å². The summed E-state index contributed by atoms with van der Waals surface area (Å²) in [5, 5.41) is 12.5. The Bertz CT molecular complexity index is 2020. The zero-order chi connectivity index (χ0) is 34.0. The first-order chi connectivity index (χ1) is 22.4. The second kappa shape index (κ2) is 13.8. The minimum Gasteiger partial charge on any atom is -0.481 e. The fraction of sp³-hybridized carbons (Fsp3) is 0.316. The summed E-state index contributed by atoms with van der Waals surface area (Å²) in [6.07, 6.45) is 4.81. The van der Waals surface area contributed by atoms with Gasteiger partial charge in [0.15, 0.2) is 0 Å². The quantitative estimate of drug-likeness (QED) is 0.179. The highest BCUT2D eigenvalue weighted by molar-refractivity contribution is 5.99. The number of nitrogens with zero attached hydrogens (tertiary/aromatic N) is 3. The number of carboxylic acids is 1. The first kappa shape index (κ1) is 33.3. The van der Waals surface area contributed by atoms with Gasteiger partial charge in [0.25, 0.3) is 0 Å². The molecule has 5 rings (SSSR count). The standard InChI is InChI=1S/C38H44N6O3/c1-9-26-22(4)30-19-31-24(6)28(12-14-36(46)47)33(41-31)18-25-17-21(3)37(40-25)29(11-13-35(45)39-15-16-44(7)8)38-27(10-2)23(5)32(43-38)20-34(26)42-30/h9-10,17-20,40,42H,1-2,11-16H2,3-8H3,(H,39,45)(H,46,47). The molecular weight excluding hydrogens is 588 g/mol. The van der Waals surface area contributed by atoms with Gasteiger partial charge in [0.05, 0.1) is 22.8 Å². The fourth-order valence-corrected chi connectivity index (χ4v) is 6.31. The van der Waals surface area contributed by atoms with Gasteiger partial charge >= 0.3 is 5.97 Å². The van der Waals surface area contributed by atoms with Crippen LogP contribution in [0.15, 0.2) is 43.5 Å². The van der Waals surface area contributed by atoms with Gasteiger partial charge in [-0.3, -0.25) is 9.59 Å². The smallest absolute Gasteiger partial charge is 0.303 e. The Morgan fingerprint density at radius 1 is 0.894 bits per heavy atom. The molecule has 0 unspecified atom stereocenters. The van der Waals surface area contributed by atoms with E-state index in [1.807, 2.05) is 77.0 Å². The predicted octanol–water partition coefficient (Wildman–Crippen LogP) is 7.10. The van der Waals surface area contributed by atoms with E-state index in [4.69, 9.17) is 9.97 Å². The van der Waals surface area contributed by atoms with Gasteiger partial charge < -0.3 is 25.3 Å². The van der Waals surface area contributed by atoms with Crippen LogP contribution in [0.3, 0.4) is 0 Å². The number of nitrogens with one attached hydrogen (secondary N) is 3. The zero-order valence-corrected chi connectivity index (χ0v) is 28.2. The van der Waals surface area contributed by atoms with Crippen LogP contribution in [0, 0.1) is 13.8 Å². The summed E-state index contributed by atoms with van der Waals surface area (Å²) >= 11 is 0. The van der Waals surface area contributed by atoms with E-state index in [-0.39, 0.29) is 12.3 Å². The lowest BCUT2D eigenvalue weighted by molar-refractivity contribution is -0.136. The van der Waals surface area contributed by atoms with Crippen molar-refractivity contribution in [2.45, 2.75) is 53.4 Å². The predicted molar refractivity (Wildman–Crippen MR) is 192 cm³/mol. The maximum absolute atomic E-state index is 13.0. The van der Waals surface area contributed by atoms with Crippen molar-refractivity contribution in [3.05, 3.63) is 88.5 Å². The van der Waals surface area contributed by atoms with Gasteiger partial charge in [-0.05, 0) is 107 Å². The van der Waals surface area contributed by atoms with Gasteiger partial charge in [0.2, 0.25) is 5.91 Å². The van der Waals surface area contributed by atoms with Gasteiger partial charge in [0.1, 0.15) is 0 Å². The normalized spacial score (nSPS) is 13.0. The van der Waals surface area contributed by atoms with Crippen LogP contribution in [-0.2, 0) is 16.0 Å². The number of aryl methyl sites for hydroxylation is 3. The van der Waals surface area contributed by atoms with Crippen molar-refractivity contribution in [2.24, 2.45) is 0 Å². The van der Waals surface area contributed by atoms with E-state index in [0.717, 1.165) is 95.9 Å². The van der Waals surface area contributed by atoms with Gasteiger partial charge in [-0.1, -0.05) is 25.3 Å². The minimum absolute atomic E-state index is 0.00600. The van der Waals surface area contributed by atoms with Crippen molar-refractivity contribution in [3.8, 4) is 0 Å². The summed E-state index contributed by atoms with van der Waals surface area (Å²) in [5.74, 6) is -0.875. The van der Waals surface area contributed by atoms with Crippen molar-refractivity contribution in [1.29, 1.82) is 0 Å². The summed E-state index contributed by atoms with van der Waals surface area (Å²) in [6, 6.07) is 8.11. The van der Waals surface area contributed by atoms with Crippen LogP contribution in [0.5, 0.6) is 0 Å². The molecule has 8 bridgehead atoms. The molecular formula is C38H44N6O3. The third-order valence-electron chi connectivity index (χ3n) is 8.99. The lowest BCUT2D eigenvalue weighted by atomic mass is 9.99. The number of amides is 1. The molecule has 9 heteroatoms. The first-order valence-corrected chi connectivity index (χ1v) is 16.0. The van der Waals surface area contributed by atoms with Gasteiger partial charge in [-0.2, -0.15) is 0 Å². The molecule has 0 radical (unpaired) electrons. The van der Waals surface area contributed by atoms with Crippen molar-refractivity contribution in [1.82, 2.24) is 30.2 Å². The number of fused-ring (bicyclic) bond motifs is 8. The third-order valence-corrected chi connectivity index (χ3v) is 8.99. The average molecular weight is 633 g/mol. The van der Waals surface area contributed by atoms with Crippen LogP contribution in [0.1, 0.15) is 78.1 Å². The summed E-state index contributed by atoms with van der Waals surface area (Å²) < 4.78 is 0. The van der Waals surface area contributed by atoms with Crippen molar-refractivity contribution < 1.29 is 14.7 Å². The number of hydrogen-bond acceptors (Lipinski definition) is 5. The number of aromatic amines is 2. The van der Waals surface area contributed by atoms with Crippen LogP contribution >= 0.6 is 0 Å². The molecule has 0 saturated carbocycles. The Morgan fingerprint density at radius 2 is 1.62 bits per heavy atom. The van der Waals surface area contributed by atoms with E-state index in [2.05, 4.69) is 34.5 Å². The highest BCUT2D eigenvalue weighted by atomic mass is 16.4. The molecule has 9 nitrogen and oxygen atoms in total. The highest BCUT2D eigenvalue weighted by Gasteiger charge is 2.22. The monoisotopic (exact) mass is 632 g/mol. The topological polar surface area (TPSA) is 127 Å². The van der Waals surface area contributed by atoms with E-state index < -0.39 is 5.97 Å². The van der Waals surface area contributed by atoms with E-state index in [1.54, 1.807) is 0 Å². The maximum Gasteiger partial charge on any atom is 0.303 e. The number of carbonyl (C=O) groups is 2. The lowest BCUT2D eigenvalue weighted by Gasteiger charge is -2.11. The molecule has 0 aliphatic carbocycles. The van der Waals surface area contributed by atoms with Crippen molar-refractivity contribution in [3.63, 3.8) is 0 Å². The summed E-state index contributed by atoms with van der Waals surface area (Å²) in [7, 11) is 3.96. The van der Waals surface area contributed by atoms with E-state index in [0.29, 0.717) is 25.8 Å². The Hall–Kier alpha value is -5.02. The number of allylic oxidation sites excluding steroid dienone is 5. The number of aliphatic carboxylic acids is 1. The SMILES string of the molecule is C=CC1=C(C)c2cc3[nH]c(cc4nc(cc5cc(C)c([nH]5)c(CCC(=O)NCCN(C)C)c1n2)C(CCC(=O)O)=C4C)c(C)c3C=C. The summed E-state index contributed by atoms with van der Waals surface area (Å²) in [4.78, 5) is 44.0. The van der Waals surface area contributed by atoms with Crippen LogP contribution in [0.4, 0.5) is 0 Å². The molecule has 0 fully saturated rings. The summed E-state index contributed by atoms with van der Waals surface area (Å²) in [5.41, 5.74) is 14.3. The second-order valence-corrected chi connectivity index (χ2v) is 12.5. The van der Waals surface area contributed by atoms with Crippen LogP contribution in [-0.4, -0.2) is 69.0 Å². The molecule has 5 heterocycles. The Labute approximate surface area is 275 Å². The molecule has 0 spiro atoms. The highest BCUT2D eigenvalue weighted by Crippen LogP contribution is 2.37. The lowest BCUT2D eigenvalue weighted by Crippen LogP contribution is -2.31. The van der Waals surface area contributed by atoms with Crippen LogP contribution in [0.2, 0.25) is 0 Å². The Kier molecular flexibility index (Phi) is 9.77. The molecule has 0 atom stereocenters. The molecule has 0 saturated heterocycles. The molecule has 0 aromatic carbocycles. The van der Waals surface area contributed by atoms with Crippen LogP contribution < -0.4 is 5.32 Å². The molecule has 1 amide bonds. The molecule has 244 valence electrons. The largest absolute Gasteiger partial charge is 0.481 e. The first-order valence-electron chi connectivity index (χ1n) is 16.0. The third kappa shape index (κ3) is 6.90. The Morgan fingerprint density at radius 3 is 2.30 bits per heavy atom. The second-order valence-electron chi connectivity index (χ2n) is 12.5. The minimum atomic E-state index is -0.853. The van der Waals surface area contributed by atoms with E-state index in [9.17, 15) is 14.7 Å². The van der Waals surface area contributed by atoms with E-state index >= 15 is 0 Å². The number of rotatable bonds is 11. The van der Waals surface area contributed by atoms with Crippen molar-refractivity contribution in [2.75, 3.05) is 27.2 Å². The van der Waals surface area contributed by atoms with Crippen molar-refractivity contribution >= 4 is 62.3 Å². The van der Waals surface area contributed by atoms with E-state index in [1.165, 1.54) is 0 Å².